The van der Waals surface area contributed by atoms with Crippen molar-refractivity contribution in [3.05, 3.63) is 96.1 Å². The van der Waals surface area contributed by atoms with Gasteiger partial charge in [0, 0.05) is 5.69 Å². The van der Waals surface area contributed by atoms with Gasteiger partial charge in [0.05, 0.1) is 7.11 Å². The number of rotatable bonds is 5. The lowest BCUT2D eigenvalue weighted by atomic mass is 9.85. The molecule has 126 valence electrons. The first kappa shape index (κ1) is 16.7. The van der Waals surface area contributed by atoms with Crippen LogP contribution in [0.5, 0.6) is 5.75 Å². The van der Waals surface area contributed by atoms with Crippen LogP contribution in [0.1, 0.15) is 11.1 Å². The lowest BCUT2D eigenvalue weighted by Gasteiger charge is -2.28. The molecule has 0 spiro atoms. The van der Waals surface area contributed by atoms with Gasteiger partial charge in [-0.05, 0) is 35.4 Å². The van der Waals surface area contributed by atoms with Crippen molar-refractivity contribution in [2.24, 2.45) is 0 Å². The number of methoxy groups -OCH3 is 1. The number of anilines is 1. The predicted octanol–water partition coefficient (Wildman–Crippen LogP) is 3.57. The topological polar surface area (TPSA) is 58.6 Å². The Hall–Kier alpha value is -3.11. The second-order valence-corrected chi connectivity index (χ2v) is 5.63. The third kappa shape index (κ3) is 3.39. The summed E-state index contributed by atoms with van der Waals surface area (Å²) in [5.74, 6) is 0.175. The van der Waals surface area contributed by atoms with Crippen LogP contribution in [0.4, 0.5) is 5.69 Å². The molecule has 4 nitrogen and oxygen atoms in total. The van der Waals surface area contributed by atoms with Crippen molar-refractivity contribution in [3.63, 3.8) is 0 Å². The first-order chi connectivity index (χ1) is 12.1. The molecule has 0 bridgehead atoms. The van der Waals surface area contributed by atoms with E-state index in [0.29, 0.717) is 22.6 Å². The first-order valence-corrected chi connectivity index (χ1v) is 7.93. The highest BCUT2D eigenvalue weighted by molar-refractivity contribution is 6.00. The van der Waals surface area contributed by atoms with E-state index < -0.39 is 11.5 Å². The number of hydrogen-bond acceptors (Lipinski definition) is 3. The minimum Gasteiger partial charge on any atom is -0.497 e. The van der Waals surface area contributed by atoms with Crippen molar-refractivity contribution in [3.8, 4) is 5.75 Å². The molecule has 3 aromatic rings. The van der Waals surface area contributed by atoms with E-state index in [1.165, 1.54) is 0 Å². The fraction of sp³-hybridized carbons (Fsp3) is 0.0952. The van der Waals surface area contributed by atoms with Crippen LogP contribution in [0, 0.1) is 0 Å². The molecule has 0 fully saturated rings. The molecule has 0 saturated heterocycles. The molecule has 0 saturated carbocycles. The lowest BCUT2D eigenvalue weighted by Crippen LogP contribution is -2.41. The quantitative estimate of drug-likeness (QED) is 0.750. The molecule has 0 aliphatic carbocycles. The van der Waals surface area contributed by atoms with Gasteiger partial charge in [0.1, 0.15) is 5.75 Å². The van der Waals surface area contributed by atoms with Crippen molar-refractivity contribution in [1.82, 2.24) is 0 Å². The first-order valence-electron chi connectivity index (χ1n) is 7.93. The van der Waals surface area contributed by atoms with Crippen molar-refractivity contribution in [2.75, 3.05) is 12.4 Å². The summed E-state index contributed by atoms with van der Waals surface area (Å²) in [4.78, 5) is 13.0. The van der Waals surface area contributed by atoms with Crippen LogP contribution in [-0.2, 0) is 10.4 Å². The smallest absolute Gasteiger partial charge is 0.265 e. The molecule has 0 radical (unpaired) electrons. The molecule has 0 heterocycles. The zero-order valence-corrected chi connectivity index (χ0v) is 13.8. The summed E-state index contributed by atoms with van der Waals surface area (Å²) in [5.41, 5.74) is -0.196. The predicted molar refractivity (Wildman–Crippen MR) is 97.5 cm³/mol. The van der Waals surface area contributed by atoms with Crippen molar-refractivity contribution < 1.29 is 14.6 Å². The van der Waals surface area contributed by atoms with Gasteiger partial charge < -0.3 is 15.2 Å². The van der Waals surface area contributed by atoms with E-state index >= 15 is 0 Å². The molecule has 0 aliphatic heterocycles. The van der Waals surface area contributed by atoms with E-state index in [1.54, 1.807) is 79.9 Å². The van der Waals surface area contributed by atoms with Crippen LogP contribution < -0.4 is 10.1 Å². The monoisotopic (exact) mass is 333 g/mol. The van der Waals surface area contributed by atoms with Gasteiger partial charge in [-0.25, -0.2) is 0 Å². The van der Waals surface area contributed by atoms with Gasteiger partial charge in [0.15, 0.2) is 5.60 Å². The van der Waals surface area contributed by atoms with E-state index in [9.17, 15) is 9.90 Å². The van der Waals surface area contributed by atoms with Crippen LogP contribution in [-0.4, -0.2) is 18.1 Å². The number of carbonyl (C=O) groups excluding carboxylic acids is 1. The summed E-state index contributed by atoms with van der Waals surface area (Å²) in [6.07, 6.45) is 0. The zero-order valence-electron chi connectivity index (χ0n) is 13.8. The highest BCUT2D eigenvalue weighted by atomic mass is 16.5. The number of carbonyl (C=O) groups is 1. The van der Waals surface area contributed by atoms with E-state index in [-0.39, 0.29) is 0 Å². The Morgan fingerprint density at radius 3 is 1.76 bits per heavy atom. The van der Waals surface area contributed by atoms with Gasteiger partial charge >= 0.3 is 0 Å². The fourth-order valence-electron chi connectivity index (χ4n) is 2.68. The van der Waals surface area contributed by atoms with Crippen molar-refractivity contribution in [2.45, 2.75) is 5.60 Å². The number of amides is 1. The molecule has 0 aromatic heterocycles. The van der Waals surface area contributed by atoms with Crippen molar-refractivity contribution in [1.29, 1.82) is 0 Å². The van der Waals surface area contributed by atoms with Gasteiger partial charge in [0.25, 0.3) is 5.91 Å². The fourth-order valence-corrected chi connectivity index (χ4v) is 2.68. The van der Waals surface area contributed by atoms with Gasteiger partial charge in [-0.2, -0.15) is 0 Å². The average Bonchev–Trinajstić information content (AvgIpc) is 2.69. The maximum Gasteiger partial charge on any atom is 0.265 e. The van der Waals surface area contributed by atoms with E-state index in [0.717, 1.165) is 0 Å². The molecule has 0 unspecified atom stereocenters. The Morgan fingerprint density at radius 1 is 0.840 bits per heavy atom. The summed E-state index contributed by atoms with van der Waals surface area (Å²) < 4.78 is 5.12. The Kier molecular flexibility index (Phi) is 4.82. The number of benzene rings is 3. The summed E-state index contributed by atoms with van der Waals surface area (Å²) in [7, 11) is 1.58. The molecule has 4 heteroatoms. The third-order valence-electron chi connectivity index (χ3n) is 4.06. The number of ether oxygens (including phenoxy) is 1. The summed E-state index contributed by atoms with van der Waals surface area (Å²) in [5, 5.41) is 14.1. The van der Waals surface area contributed by atoms with E-state index in [1.807, 2.05) is 12.1 Å². The zero-order chi connectivity index (χ0) is 17.7. The van der Waals surface area contributed by atoms with Gasteiger partial charge in [-0.1, -0.05) is 60.7 Å². The molecular formula is C21H19NO3. The minimum absolute atomic E-state index is 0.507. The molecule has 0 atom stereocenters. The van der Waals surface area contributed by atoms with Crippen LogP contribution in [0.15, 0.2) is 84.9 Å². The standard InChI is InChI=1S/C21H19NO3/c1-25-19-14-12-18(13-15-19)22-20(23)21(24,16-8-4-2-5-9-16)17-10-6-3-7-11-17/h2-15,24H,1H3,(H,22,23). The maximum atomic E-state index is 13.0. The largest absolute Gasteiger partial charge is 0.497 e. The Balaban J connectivity index is 1.98. The minimum atomic E-state index is -1.79. The van der Waals surface area contributed by atoms with Crippen LogP contribution in [0.25, 0.3) is 0 Å². The molecule has 2 N–H and O–H groups in total. The summed E-state index contributed by atoms with van der Waals surface area (Å²) in [6, 6.07) is 24.8. The lowest BCUT2D eigenvalue weighted by molar-refractivity contribution is -0.131. The second kappa shape index (κ2) is 7.20. The molecular weight excluding hydrogens is 314 g/mol. The number of aliphatic hydroxyl groups is 1. The van der Waals surface area contributed by atoms with E-state index in [4.69, 9.17) is 4.74 Å². The molecule has 25 heavy (non-hydrogen) atoms. The van der Waals surface area contributed by atoms with Crippen LogP contribution >= 0.6 is 0 Å². The molecule has 3 aromatic carbocycles. The SMILES string of the molecule is COc1ccc(NC(=O)C(O)(c2ccccc2)c2ccccc2)cc1. The van der Waals surface area contributed by atoms with Crippen LogP contribution in [0.2, 0.25) is 0 Å². The van der Waals surface area contributed by atoms with E-state index in [2.05, 4.69) is 5.32 Å². The average molecular weight is 333 g/mol. The number of nitrogens with one attached hydrogen (secondary N) is 1. The molecule has 1 amide bonds. The third-order valence-corrected chi connectivity index (χ3v) is 4.06. The van der Waals surface area contributed by atoms with Crippen molar-refractivity contribution >= 4 is 11.6 Å². The maximum absolute atomic E-state index is 13.0. The Labute approximate surface area is 146 Å². The van der Waals surface area contributed by atoms with Crippen LogP contribution in [0.3, 0.4) is 0 Å². The summed E-state index contributed by atoms with van der Waals surface area (Å²) >= 11 is 0. The Bertz CT molecular complexity index is 791. The number of hydrogen-bond donors (Lipinski definition) is 2. The van der Waals surface area contributed by atoms with Gasteiger partial charge in [0.2, 0.25) is 0 Å². The van der Waals surface area contributed by atoms with Gasteiger partial charge in [-0.15, -0.1) is 0 Å². The molecule has 3 rings (SSSR count). The summed E-state index contributed by atoms with van der Waals surface area (Å²) in [6.45, 7) is 0. The van der Waals surface area contributed by atoms with Gasteiger partial charge in [-0.3, -0.25) is 4.79 Å². The highest BCUT2D eigenvalue weighted by Gasteiger charge is 2.39. The second-order valence-electron chi connectivity index (χ2n) is 5.63. The highest BCUT2D eigenvalue weighted by Crippen LogP contribution is 2.31. The normalized spacial score (nSPS) is 11.0. The Morgan fingerprint density at radius 2 is 1.32 bits per heavy atom. The molecule has 0 aliphatic rings.